The van der Waals surface area contributed by atoms with E-state index in [1.807, 2.05) is 18.2 Å². The summed E-state index contributed by atoms with van der Waals surface area (Å²) in [6, 6.07) is 8.94. The minimum absolute atomic E-state index is 0.244. The van der Waals surface area contributed by atoms with E-state index in [9.17, 15) is 4.79 Å². The zero-order valence-electron chi connectivity index (χ0n) is 9.61. The third kappa shape index (κ3) is 2.24. The van der Waals surface area contributed by atoms with Crippen LogP contribution in [0.25, 0.3) is 0 Å². The molecule has 1 fully saturated rings. The van der Waals surface area contributed by atoms with Crippen LogP contribution in [0.15, 0.2) is 30.3 Å². The van der Waals surface area contributed by atoms with Crippen molar-refractivity contribution in [2.45, 2.75) is 18.8 Å². The molecular weight excluding hydrogens is 250 g/mol. The van der Waals surface area contributed by atoms with Gasteiger partial charge in [0.05, 0.1) is 10.7 Å². The smallest absolute Gasteiger partial charge is 0.276 e. The molecule has 1 aromatic carbocycles. The molecule has 5 heteroatoms. The second-order valence-electron chi connectivity index (χ2n) is 4.42. The number of hydrogen-bond acceptors (Lipinski definition) is 2. The monoisotopic (exact) mass is 261 g/mol. The van der Waals surface area contributed by atoms with Crippen molar-refractivity contribution in [1.29, 1.82) is 0 Å². The SMILES string of the molecule is O=C(Nc1ccccc1Cl)c1cc(C2CC2)[nH]n1. The highest BCUT2D eigenvalue weighted by Crippen LogP contribution is 2.39. The standard InChI is InChI=1S/C13H12ClN3O/c14-9-3-1-2-4-10(9)15-13(18)12-7-11(16-17-12)8-5-6-8/h1-4,7-8H,5-6H2,(H,15,18)(H,16,17). The van der Waals surface area contributed by atoms with Crippen LogP contribution in [0.3, 0.4) is 0 Å². The van der Waals surface area contributed by atoms with Gasteiger partial charge in [-0.15, -0.1) is 0 Å². The second kappa shape index (κ2) is 4.46. The van der Waals surface area contributed by atoms with Gasteiger partial charge in [-0.2, -0.15) is 5.10 Å². The van der Waals surface area contributed by atoms with Crippen molar-refractivity contribution in [1.82, 2.24) is 10.2 Å². The van der Waals surface area contributed by atoms with E-state index in [0.717, 1.165) is 5.69 Å². The Morgan fingerprint density at radius 3 is 2.89 bits per heavy atom. The largest absolute Gasteiger partial charge is 0.319 e. The maximum Gasteiger partial charge on any atom is 0.276 e. The summed E-state index contributed by atoms with van der Waals surface area (Å²) in [7, 11) is 0. The minimum atomic E-state index is -0.244. The number of anilines is 1. The van der Waals surface area contributed by atoms with E-state index in [0.29, 0.717) is 22.3 Å². The first-order valence-electron chi connectivity index (χ1n) is 5.85. The number of para-hydroxylation sites is 1. The molecule has 1 aliphatic rings. The number of benzene rings is 1. The number of hydrogen-bond donors (Lipinski definition) is 2. The average molecular weight is 262 g/mol. The number of aromatic nitrogens is 2. The van der Waals surface area contributed by atoms with Crippen molar-refractivity contribution in [3.63, 3.8) is 0 Å². The molecule has 0 unspecified atom stereocenters. The highest BCUT2D eigenvalue weighted by atomic mass is 35.5. The van der Waals surface area contributed by atoms with Gasteiger partial charge >= 0.3 is 0 Å². The van der Waals surface area contributed by atoms with Crippen molar-refractivity contribution in [2.24, 2.45) is 0 Å². The van der Waals surface area contributed by atoms with Gasteiger partial charge in [-0.05, 0) is 31.0 Å². The number of amides is 1. The molecule has 0 atom stereocenters. The maximum atomic E-state index is 12.0. The van der Waals surface area contributed by atoms with Crippen molar-refractivity contribution in [2.75, 3.05) is 5.32 Å². The van der Waals surface area contributed by atoms with Gasteiger partial charge in [0.2, 0.25) is 0 Å². The fourth-order valence-corrected chi connectivity index (χ4v) is 1.99. The quantitative estimate of drug-likeness (QED) is 0.891. The van der Waals surface area contributed by atoms with Crippen LogP contribution in [0.1, 0.15) is 34.9 Å². The number of nitrogens with one attached hydrogen (secondary N) is 2. The lowest BCUT2D eigenvalue weighted by Gasteiger charge is -2.04. The Morgan fingerprint density at radius 2 is 2.17 bits per heavy atom. The molecule has 1 aliphatic carbocycles. The van der Waals surface area contributed by atoms with E-state index in [1.165, 1.54) is 12.8 Å². The van der Waals surface area contributed by atoms with Crippen LogP contribution in [0.5, 0.6) is 0 Å². The Bertz CT molecular complexity index is 589. The molecule has 2 N–H and O–H groups in total. The second-order valence-corrected chi connectivity index (χ2v) is 4.82. The van der Waals surface area contributed by atoms with E-state index in [-0.39, 0.29) is 5.91 Å². The third-order valence-electron chi connectivity index (χ3n) is 2.97. The summed E-state index contributed by atoms with van der Waals surface area (Å²) < 4.78 is 0. The molecule has 0 aliphatic heterocycles. The first-order chi connectivity index (χ1) is 8.74. The average Bonchev–Trinajstić information content (AvgIpc) is 3.10. The van der Waals surface area contributed by atoms with Crippen LogP contribution in [-0.2, 0) is 0 Å². The number of halogens is 1. The van der Waals surface area contributed by atoms with E-state index in [2.05, 4.69) is 15.5 Å². The zero-order valence-corrected chi connectivity index (χ0v) is 10.4. The summed E-state index contributed by atoms with van der Waals surface area (Å²) in [6.07, 6.45) is 2.35. The van der Waals surface area contributed by atoms with Gasteiger partial charge in [-0.3, -0.25) is 9.89 Å². The van der Waals surface area contributed by atoms with Gasteiger partial charge < -0.3 is 5.32 Å². The van der Waals surface area contributed by atoms with Crippen LogP contribution < -0.4 is 5.32 Å². The molecule has 0 spiro atoms. The Morgan fingerprint density at radius 1 is 1.39 bits per heavy atom. The maximum absolute atomic E-state index is 12.0. The molecule has 4 nitrogen and oxygen atoms in total. The topological polar surface area (TPSA) is 57.8 Å². The van der Waals surface area contributed by atoms with Crippen LogP contribution in [0.4, 0.5) is 5.69 Å². The summed E-state index contributed by atoms with van der Waals surface area (Å²) in [5.74, 6) is 0.311. The fourth-order valence-electron chi connectivity index (χ4n) is 1.81. The van der Waals surface area contributed by atoms with E-state index in [4.69, 9.17) is 11.6 Å². The summed E-state index contributed by atoms with van der Waals surface area (Å²) in [4.78, 5) is 12.0. The molecule has 0 bridgehead atoms. The van der Waals surface area contributed by atoms with E-state index in [1.54, 1.807) is 12.1 Å². The zero-order chi connectivity index (χ0) is 12.5. The highest BCUT2D eigenvalue weighted by Gasteiger charge is 2.26. The summed E-state index contributed by atoms with van der Waals surface area (Å²) in [5.41, 5.74) is 2.04. The number of carbonyl (C=O) groups is 1. The normalized spacial score (nSPS) is 14.5. The van der Waals surface area contributed by atoms with Gasteiger partial charge in [0.1, 0.15) is 0 Å². The van der Waals surface area contributed by atoms with Crippen molar-refractivity contribution in [3.8, 4) is 0 Å². The van der Waals surface area contributed by atoms with Crippen LogP contribution in [0.2, 0.25) is 5.02 Å². The van der Waals surface area contributed by atoms with Crippen molar-refractivity contribution < 1.29 is 4.79 Å². The summed E-state index contributed by atoms with van der Waals surface area (Å²) in [6.45, 7) is 0. The molecule has 1 aromatic heterocycles. The number of nitrogens with zero attached hydrogens (tertiary/aromatic N) is 1. The van der Waals surface area contributed by atoms with Gasteiger partial charge in [-0.1, -0.05) is 23.7 Å². The molecule has 0 radical (unpaired) electrons. The number of H-pyrrole nitrogens is 1. The third-order valence-corrected chi connectivity index (χ3v) is 3.30. The predicted molar refractivity (Wildman–Crippen MR) is 70.0 cm³/mol. The first kappa shape index (κ1) is 11.3. The molecule has 92 valence electrons. The van der Waals surface area contributed by atoms with Gasteiger partial charge in [0.15, 0.2) is 5.69 Å². The predicted octanol–water partition coefficient (Wildman–Crippen LogP) is 3.19. The molecule has 1 heterocycles. The lowest BCUT2D eigenvalue weighted by atomic mass is 10.2. The van der Waals surface area contributed by atoms with Crippen molar-refractivity contribution in [3.05, 3.63) is 46.7 Å². The summed E-state index contributed by atoms with van der Waals surface area (Å²) in [5, 5.41) is 10.2. The lowest BCUT2D eigenvalue weighted by molar-refractivity contribution is 0.102. The number of aromatic amines is 1. The Labute approximate surface area is 109 Å². The lowest BCUT2D eigenvalue weighted by Crippen LogP contribution is -2.12. The number of rotatable bonds is 3. The Balaban J connectivity index is 1.76. The van der Waals surface area contributed by atoms with Gasteiger partial charge in [-0.25, -0.2) is 0 Å². The first-order valence-corrected chi connectivity index (χ1v) is 6.23. The van der Waals surface area contributed by atoms with Gasteiger partial charge in [0.25, 0.3) is 5.91 Å². The highest BCUT2D eigenvalue weighted by molar-refractivity contribution is 6.33. The Kier molecular flexibility index (Phi) is 2.80. The van der Waals surface area contributed by atoms with Crippen molar-refractivity contribution >= 4 is 23.2 Å². The van der Waals surface area contributed by atoms with Gasteiger partial charge in [0, 0.05) is 11.6 Å². The van der Waals surface area contributed by atoms with Crippen LogP contribution >= 0.6 is 11.6 Å². The minimum Gasteiger partial charge on any atom is -0.319 e. The van der Waals surface area contributed by atoms with E-state index >= 15 is 0 Å². The number of carbonyl (C=O) groups excluding carboxylic acids is 1. The van der Waals surface area contributed by atoms with E-state index < -0.39 is 0 Å². The molecule has 18 heavy (non-hydrogen) atoms. The Hall–Kier alpha value is -1.81. The fraction of sp³-hybridized carbons (Fsp3) is 0.231. The molecule has 1 amide bonds. The molecule has 3 rings (SSSR count). The van der Waals surface area contributed by atoms with Crippen LogP contribution in [-0.4, -0.2) is 16.1 Å². The van der Waals surface area contributed by atoms with Crippen LogP contribution in [0, 0.1) is 0 Å². The molecule has 1 saturated carbocycles. The molecule has 2 aromatic rings. The summed E-state index contributed by atoms with van der Waals surface area (Å²) >= 11 is 5.98. The molecular formula is C13H12ClN3O. The molecule has 0 saturated heterocycles.